The van der Waals surface area contributed by atoms with E-state index >= 15 is 0 Å². The second-order valence-corrected chi connectivity index (χ2v) is 12.1. The van der Waals surface area contributed by atoms with Gasteiger partial charge in [-0.1, -0.05) is 88.4 Å². The van der Waals surface area contributed by atoms with E-state index in [-0.39, 0.29) is 5.56 Å². The van der Waals surface area contributed by atoms with Gasteiger partial charge in [0.2, 0.25) is 0 Å². The van der Waals surface area contributed by atoms with E-state index in [1.54, 1.807) is 11.8 Å². The zero-order valence-electron chi connectivity index (χ0n) is 21.4. The maximum atomic E-state index is 13.5. The Morgan fingerprint density at radius 1 is 0.919 bits per heavy atom. The molecule has 5 nitrogen and oxygen atoms in total. The molecular formula is C30H34BrN4OS+. The van der Waals surface area contributed by atoms with Crippen LogP contribution in [-0.2, 0) is 18.8 Å². The van der Waals surface area contributed by atoms with Crippen LogP contribution in [0.15, 0.2) is 93.3 Å². The van der Waals surface area contributed by atoms with Crippen LogP contribution in [-0.4, -0.2) is 58.7 Å². The Morgan fingerprint density at radius 2 is 1.59 bits per heavy atom. The molecule has 0 unspecified atom stereocenters. The number of benzene rings is 3. The Hall–Kier alpha value is -2.45. The van der Waals surface area contributed by atoms with Crippen LogP contribution in [0, 0.1) is 0 Å². The van der Waals surface area contributed by atoms with Crippen LogP contribution in [0.1, 0.15) is 17.5 Å². The molecule has 5 rings (SSSR count). The maximum Gasteiger partial charge on any atom is 0.262 e. The van der Waals surface area contributed by atoms with Crippen molar-refractivity contribution in [2.45, 2.75) is 30.4 Å². The molecule has 0 radical (unpaired) electrons. The van der Waals surface area contributed by atoms with Crippen molar-refractivity contribution in [2.24, 2.45) is 0 Å². The average molecular weight is 579 g/mol. The number of piperazine rings is 1. The van der Waals surface area contributed by atoms with Gasteiger partial charge in [-0.3, -0.25) is 14.3 Å². The standard InChI is InChI=1S/C30H34BrN4OS/c1-35(22-24-9-4-2-5-10-24)19-17-33(18-20-35)15-8-16-34-29(36)27-21-26(31)13-14-28(27)32-30(34)37-23-25-11-6-3-7-12-25/h2-7,9-14,21H,8,15-20,22-23H2,1H3/q+1. The number of likely N-dealkylation sites (N-methyl/N-ethyl adjacent to an activating group) is 1. The lowest BCUT2D eigenvalue weighted by Gasteiger charge is -2.42. The summed E-state index contributed by atoms with van der Waals surface area (Å²) in [4.78, 5) is 21.0. The molecule has 2 heterocycles. The molecular weight excluding hydrogens is 544 g/mol. The first-order valence-electron chi connectivity index (χ1n) is 13.0. The number of fused-ring (bicyclic) bond motifs is 1. The maximum absolute atomic E-state index is 13.5. The van der Waals surface area contributed by atoms with Gasteiger partial charge >= 0.3 is 0 Å². The molecule has 1 aliphatic rings. The molecule has 1 saturated heterocycles. The van der Waals surface area contributed by atoms with Gasteiger partial charge in [0.25, 0.3) is 5.56 Å². The first-order valence-corrected chi connectivity index (χ1v) is 14.7. The second-order valence-electron chi connectivity index (χ2n) is 10.2. The molecule has 0 atom stereocenters. The van der Waals surface area contributed by atoms with Gasteiger partial charge in [-0.25, -0.2) is 4.98 Å². The highest BCUT2D eigenvalue weighted by molar-refractivity contribution is 9.10. The van der Waals surface area contributed by atoms with Crippen LogP contribution in [0.5, 0.6) is 0 Å². The first-order chi connectivity index (χ1) is 18.0. The summed E-state index contributed by atoms with van der Waals surface area (Å²) in [6, 6.07) is 27.0. The van der Waals surface area contributed by atoms with Crippen molar-refractivity contribution >= 4 is 38.6 Å². The molecule has 192 valence electrons. The van der Waals surface area contributed by atoms with Crippen LogP contribution in [0.4, 0.5) is 0 Å². The summed E-state index contributed by atoms with van der Waals surface area (Å²) < 4.78 is 3.88. The number of rotatable bonds is 9. The fourth-order valence-corrected chi connectivity index (χ4v) is 6.39. The van der Waals surface area contributed by atoms with E-state index in [1.807, 2.05) is 28.8 Å². The number of aromatic nitrogens is 2. The van der Waals surface area contributed by atoms with Gasteiger partial charge in [0.05, 0.1) is 31.0 Å². The Labute approximate surface area is 231 Å². The fraction of sp³-hybridized carbons (Fsp3) is 0.333. The van der Waals surface area contributed by atoms with E-state index < -0.39 is 0 Å². The largest absolute Gasteiger partial charge is 0.320 e. The van der Waals surface area contributed by atoms with Crippen LogP contribution in [0.2, 0.25) is 0 Å². The van der Waals surface area contributed by atoms with Gasteiger partial charge in [-0.2, -0.15) is 0 Å². The van der Waals surface area contributed by atoms with Crippen molar-refractivity contribution in [1.82, 2.24) is 14.5 Å². The number of nitrogens with zero attached hydrogens (tertiary/aromatic N) is 4. The third kappa shape index (κ3) is 6.71. The van der Waals surface area contributed by atoms with E-state index in [2.05, 4.69) is 82.5 Å². The van der Waals surface area contributed by atoms with Crippen LogP contribution in [0.25, 0.3) is 10.9 Å². The molecule has 1 aromatic heterocycles. The third-order valence-electron chi connectivity index (χ3n) is 7.27. The highest BCUT2D eigenvalue weighted by Crippen LogP contribution is 2.24. The van der Waals surface area contributed by atoms with Gasteiger partial charge in [0.1, 0.15) is 6.54 Å². The lowest BCUT2D eigenvalue weighted by molar-refractivity contribution is -0.926. The smallest absolute Gasteiger partial charge is 0.262 e. The van der Waals surface area contributed by atoms with Crippen molar-refractivity contribution in [3.8, 4) is 0 Å². The number of halogens is 1. The molecule has 0 N–H and O–H groups in total. The van der Waals surface area contributed by atoms with Gasteiger partial charge in [-0.15, -0.1) is 0 Å². The van der Waals surface area contributed by atoms with Gasteiger partial charge in [-0.05, 0) is 30.2 Å². The molecule has 0 aliphatic carbocycles. The summed E-state index contributed by atoms with van der Waals surface area (Å²) in [5.74, 6) is 0.791. The van der Waals surface area contributed by atoms with Gasteiger partial charge in [0, 0.05) is 42.0 Å². The minimum absolute atomic E-state index is 0.0487. The number of hydrogen-bond acceptors (Lipinski definition) is 4. The van der Waals surface area contributed by atoms with Crippen molar-refractivity contribution in [1.29, 1.82) is 0 Å². The Bertz CT molecular complexity index is 1390. The van der Waals surface area contributed by atoms with Gasteiger partial charge < -0.3 is 4.48 Å². The third-order valence-corrected chi connectivity index (χ3v) is 8.81. The van der Waals surface area contributed by atoms with E-state index in [0.717, 1.165) is 71.1 Å². The fourth-order valence-electron chi connectivity index (χ4n) is 5.05. The Morgan fingerprint density at radius 3 is 2.30 bits per heavy atom. The zero-order chi connectivity index (χ0) is 25.7. The van der Waals surface area contributed by atoms with Crippen molar-refractivity contribution in [3.05, 3.63) is 105 Å². The summed E-state index contributed by atoms with van der Waals surface area (Å²) in [7, 11) is 2.37. The Balaban J connectivity index is 1.24. The van der Waals surface area contributed by atoms with Crippen LogP contribution >= 0.6 is 27.7 Å². The molecule has 37 heavy (non-hydrogen) atoms. The normalized spacial score (nSPS) is 15.7. The predicted octanol–water partition coefficient (Wildman–Crippen LogP) is 5.80. The molecule has 1 fully saturated rings. The molecule has 3 aromatic carbocycles. The molecule has 0 bridgehead atoms. The van der Waals surface area contributed by atoms with E-state index in [9.17, 15) is 4.79 Å². The van der Waals surface area contributed by atoms with Crippen molar-refractivity contribution in [2.75, 3.05) is 39.8 Å². The highest BCUT2D eigenvalue weighted by Gasteiger charge is 2.28. The van der Waals surface area contributed by atoms with Crippen LogP contribution in [0.3, 0.4) is 0 Å². The lowest BCUT2D eigenvalue weighted by Crippen LogP contribution is -2.56. The monoisotopic (exact) mass is 577 g/mol. The topological polar surface area (TPSA) is 38.1 Å². The second kappa shape index (κ2) is 11.9. The summed E-state index contributed by atoms with van der Waals surface area (Å²) >= 11 is 5.16. The molecule has 4 aromatic rings. The quantitative estimate of drug-likeness (QED) is 0.143. The molecule has 1 aliphatic heterocycles. The number of hydrogen-bond donors (Lipinski definition) is 0. The SMILES string of the molecule is C[N+]1(Cc2ccccc2)CCN(CCCn2c(SCc3ccccc3)nc3ccc(Br)cc3c2=O)CC1. The lowest BCUT2D eigenvalue weighted by atomic mass is 10.1. The highest BCUT2D eigenvalue weighted by atomic mass is 79.9. The van der Waals surface area contributed by atoms with E-state index in [1.165, 1.54) is 11.1 Å². The zero-order valence-corrected chi connectivity index (χ0v) is 23.8. The summed E-state index contributed by atoms with van der Waals surface area (Å²) in [5.41, 5.74) is 3.45. The summed E-state index contributed by atoms with van der Waals surface area (Å²) in [6.07, 6.45) is 0.933. The van der Waals surface area contributed by atoms with E-state index in [0.29, 0.717) is 11.9 Å². The number of thioether (sulfide) groups is 1. The van der Waals surface area contributed by atoms with E-state index in [4.69, 9.17) is 4.98 Å². The predicted molar refractivity (Wildman–Crippen MR) is 157 cm³/mol. The first kappa shape index (κ1) is 26.2. The molecule has 7 heteroatoms. The van der Waals surface area contributed by atoms with Gasteiger partial charge in [0.15, 0.2) is 5.16 Å². The van der Waals surface area contributed by atoms with Crippen molar-refractivity contribution in [3.63, 3.8) is 0 Å². The Kier molecular flexibility index (Phi) is 8.45. The minimum atomic E-state index is 0.0487. The summed E-state index contributed by atoms with van der Waals surface area (Å²) in [5, 5.41) is 1.47. The number of quaternary nitrogens is 1. The molecule has 0 spiro atoms. The average Bonchev–Trinajstić information content (AvgIpc) is 2.91. The van der Waals surface area contributed by atoms with Crippen LogP contribution < -0.4 is 5.56 Å². The van der Waals surface area contributed by atoms with Crippen molar-refractivity contribution < 1.29 is 4.48 Å². The minimum Gasteiger partial charge on any atom is -0.320 e. The molecule has 0 saturated carbocycles. The molecule has 0 amide bonds. The summed E-state index contributed by atoms with van der Waals surface area (Å²) in [6.45, 7) is 7.25.